The van der Waals surface area contributed by atoms with E-state index in [1.54, 1.807) is 0 Å². The molecule has 0 spiro atoms. The highest BCUT2D eigenvalue weighted by atomic mass is 35.5. The van der Waals surface area contributed by atoms with Gasteiger partial charge in [-0.3, -0.25) is 4.98 Å². The van der Waals surface area contributed by atoms with Crippen molar-refractivity contribution in [2.75, 3.05) is 0 Å². The van der Waals surface area contributed by atoms with Gasteiger partial charge in [0.1, 0.15) is 0 Å². The average Bonchev–Trinajstić information content (AvgIpc) is 2.40. The minimum absolute atomic E-state index is 0.190. The van der Waals surface area contributed by atoms with E-state index in [9.17, 15) is 0 Å². The third kappa shape index (κ3) is 3.09. The lowest BCUT2D eigenvalue weighted by atomic mass is 10.1. The van der Waals surface area contributed by atoms with Crippen molar-refractivity contribution in [2.24, 2.45) is 0 Å². The minimum Gasteiger partial charge on any atom is -0.302 e. The van der Waals surface area contributed by atoms with E-state index in [1.165, 1.54) is 0 Å². The molecule has 3 heteroatoms. The van der Waals surface area contributed by atoms with Crippen LogP contribution in [0.15, 0.2) is 48.7 Å². The van der Waals surface area contributed by atoms with Crippen LogP contribution in [0.3, 0.4) is 0 Å². The number of nitrogens with zero attached hydrogens (tertiary/aromatic N) is 1. The molecule has 0 aliphatic rings. The zero-order valence-electron chi connectivity index (χ0n) is 10.6. The molecular weight excluding hydrogens is 244 g/mol. The number of nitrogens with one attached hydrogen (secondary N) is 1. The second-order valence-corrected chi connectivity index (χ2v) is 4.79. The molecule has 2 atom stereocenters. The molecule has 94 valence electrons. The molecule has 0 bridgehead atoms. The van der Waals surface area contributed by atoms with Crippen LogP contribution in [0.4, 0.5) is 0 Å². The van der Waals surface area contributed by atoms with Crippen LogP contribution < -0.4 is 5.32 Å². The quantitative estimate of drug-likeness (QED) is 0.893. The van der Waals surface area contributed by atoms with Crippen LogP contribution in [0.1, 0.15) is 37.2 Å². The van der Waals surface area contributed by atoms with Gasteiger partial charge in [0.15, 0.2) is 0 Å². The van der Waals surface area contributed by atoms with Crippen molar-refractivity contribution in [3.8, 4) is 0 Å². The van der Waals surface area contributed by atoms with Crippen LogP contribution in [0, 0.1) is 0 Å². The highest BCUT2D eigenvalue weighted by molar-refractivity contribution is 6.31. The predicted octanol–water partition coefficient (Wildman–Crippen LogP) is 4.15. The van der Waals surface area contributed by atoms with E-state index < -0.39 is 0 Å². The zero-order valence-corrected chi connectivity index (χ0v) is 11.4. The Bertz CT molecular complexity index is 499. The zero-order chi connectivity index (χ0) is 13.0. The molecule has 18 heavy (non-hydrogen) atoms. The predicted molar refractivity (Wildman–Crippen MR) is 75.7 cm³/mol. The van der Waals surface area contributed by atoms with Gasteiger partial charge in [-0.05, 0) is 37.6 Å². The summed E-state index contributed by atoms with van der Waals surface area (Å²) in [7, 11) is 0. The first kappa shape index (κ1) is 13.1. The van der Waals surface area contributed by atoms with Crippen molar-refractivity contribution in [3.05, 3.63) is 64.9 Å². The lowest BCUT2D eigenvalue weighted by Crippen LogP contribution is -2.23. The lowest BCUT2D eigenvalue weighted by molar-refractivity contribution is 0.486. The summed E-state index contributed by atoms with van der Waals surface area (Å²) in [5.41, 5.74) is 2.15. The molecule has 1 unspecified atom stereocenters. The maximum absolute atomic E-state index is 6.19. The Morgan fingerprint density at radius 3 is 2.39 bits per heavy atom. The summed E-state index contributed by atoms with van der Waals surface area (Å²) in [6, 6.07) is 14.2. The number of rotatable bonds is 4. The van der Waals surface area contributed by atoms with E-state index in [0.717, 1.165) is 16.3 Å². The molecule has 0 amide bonds. The summed E-state index contributed by atoms with van der Waals surface area (Å²) < 4.78 is 0. The number of hydrogen-bond donors (Lipinski definition) is 1. The molecule has 0 fully saturated rings. The van der Waals surface area contributed by atoms with E-state index in [4.69, 9.17) is 11.6 Å². The van der Waals surface area contributed by atoms with Crippen molar-refractivity contribution in [1.29, 1.82) is 0 Å². The van der Waals surface area contributed by atoms with E-state index in [-0.39, 0.29) is 12.1 Å². The fourth-order valence-corrected chi connectivity index (χ4v) is 2.31. The summed E-state index contributed by atoms with van der Waals surface area (Å²) in [4.78, 5) is 4.35. The van der Waals surface area contributed by atoms with Crippen molar-refractivity contribution in [2.45, 2.75) is 25.9 Å². The van der Waals surface area contributed by atoms with Gasteiger partial charge in [0, 0.05) is 23.3 Å². The lowest BCUT2D eigenvalue weighted by Gasteiger charge is -2.20. The SMILES string of the molecule is CC(N[C@H](C)c1ccccc1Cl)c1ccccn1. The Hall–Kier alpha value is -1.38. The molecule has 0 aliphatic carbocycles. The Balaban J connectivity index is 2.08. The van der Waals surface area contributed by atoms with E-state index >= 15 is 0 Å². The van der Waals surface area contributed by atoms with Gasteiger partial charge < -0.3 is 5.32 Å². The summed E-state index contributed by atoms with van der Waals surface area (Å²) in [6.07, 6.45) is 1.81. The molecule has 2 aromatic rings. The molecule has 1 aromatic carbocycles. The maximum atomic E-state index is 6.19. The number of hydrogen-bond acceptors (Lipinski definition) is 2. The van der Waals surface area contributed by atoms with E-state index in [2.05, 4.69) is 24.1 Å². The van der Waals surface area contributed by atoms with Crippen molar-refractivity contribution in [3.63, 3.8) is 0 Å². The third-order valence-electron chi connectivity index (χ3n) is 3.00. The highest BCUT2D eigenvalue weighted by Gasteiger charge is 2.13. The Morgan fingerprint density at radius 1 is 1.00 bits per heavy atom. The van der Waals surface area contributed by atoms with Gasteiger partial charge in [0.05, 0.1) is 5.69 Å². The Kier molecular flexibility index (Phi) is 4.34. The first-order valence-electron chi connectivity index (χ1n) is 6.10. The van der Waals surface area contributed by atoms with Gasteiger partial charge in [-0.2, -0.15) is 0 Å². The van der Waals surface area contributed by atoms with Crippen molar-refractivity contribution < 1.29 is 0 Å². The third-order valence-corrected chi connectivity index (χ3v) is 3.35. The fourth-order valence-electron chi connectivity index (χ4n) is 2.01. The summed E-state index contributed by atoms with van der Waals surface area (Å²) in [5.74, 6) is 0. The van der Waals surface area contributed by atoms with Crippen LogP contribution in [0.2, 0.25) is 5.02 Å². The van der Waals surface area contributed by atoms with Crippen molar-refractivity contribution in [1.82, 2.24) is 10.3 Å². The van der Waals surface area contributed by atoms with Crippen LogP contribution in [-0.4, -0.2) is 4.98 Å². The number of benzene rings is 1. The standard InChI is InChI=1S/C15H17ClN2/c1-11(13-7-3-4-8-14(13)16)18-12(2)15-9-5-6-10-17-15/h3-12,18H,1-2H3/t11-,12?/m1/s1. The van der Waals surface area contributed by atoms with Gasteiger partial charge in [-0.25, -0.2) is 0 Å². The molecule has 1 aromatic heterocycles. The molecule has 2 nitrogen and oxygen atoms in total. The maximum Gasteiger partial charge on any atom is 0.0570 e. The number of halogens is 1. The molecule has 0 saturated carbocycles. The van der Waals surface area contributed by atoms with Gasteiger partial charge in [0.2, 0.25) is 0 Å². The van der Waals surface area contributed by atoms with Crippen LogP contribution in [-0.2, 0) is 0 Å². The van der Waals surface area contributed by atoms with Gasteiger partial charge >= 0.3 is 0 Å². The topological polar surface area (TPSA) is 24.9 Å². The molecule has 2 rings (SSSR count). The second-order valence-electron chi connectivity index (χ2n) is 4.39. The number of pyridine rings is 1. The highest BCUT2D eigenvalue weighted by Crippen LogP contribution is 2.24. The van der Waals surface area contributed by atoms with Gasteiger partial charge in [0.25, 0.3) is 0 Å². The minimum atomic E-state index is 0.190. The molecular formula is C15H17ClN2. The van der Waals surface area contributed by atoms with Gasteiger partial charge in [-0.15, -0.1) is 0 Å². The molecule has 1 N–H and O–H groups in total. The van der Waals surface area contributed by atoms with Gasteiger partial charge in [-0.1, -0.05) is 35.9 Å². The van der Waals surface area contributed by atoms with Crippen LogP contribution >= 0.6 is 11.6 Å². The first-order chi connectivity index (χ1) is 8.68. The van der Waals surface area contributed by atoms with E-state index in [1.807, 2.05) is 48.7 Å². The normalized spacial score (nSPS) is 14.2. The fraction of sp³-hybridized carbons (Fsp3) is 0.267. The molecule has 0 radical (unpaired) electrons. The molecule has 0 saturated heterocycles. The molecule has 0 aliphatic heterocycles. The van der Waals surface area contributed by atoms with Crippen LogP contribution in [0.25, 0.3) is 0 Å². The van der Waals surface area contributed by atoms with Crippen LogP contribution in [0.5, 0.6) is 0 Å². The first-order valence-corrected chi connectivity index (χ1v) is 6.47. The average molecular weight is 261 g/mol. The Labute approximate surface area is 113 Å². The smallest absolute Gasteiger partial charge is 0.0570 e. The summed E-state index contributed by atoms with van der Waals surface area (Å²) in [6.45, 7) is 4.22. The largest absolute Gasteiger partial charge is 0.302 e. The Morgan fingerprint density at radius 2 is 1.72 bits per heavy atom. The molecule has 1 heterocycles. The second kappa shape index (κ2) is 5.98. The van der Waals surface area contributed by atoms with Crippen molar-refractivity contribution >= 4 is 11.6 Å². The summed E-state index contributed by atoms with van der Waals surface area (Å²) >= 11 is 6.19. The summed E-state index contributed by atoms with van der Waals surface area (Å²) in [5, 5.41) is 4.30. The number of aromatic nitrogens is 1. The monoisotopic (exact) mass is 260 g/mol. The van der Waals surface area contributed by atoms with E-state index in [0.29, 0.717) is 0 Å².